The van der Waals surface area contributed by atoms with Gasteiger partial charge in [-0.15, -0.1) is 0 Å². The number of nitrogens with two attached hydrogens (primary N) is 1. The van der Waals surface area contributed by atoms with E-state index >= 15 is 0 Å². The predicted molar refractivity (Wildman–Crippen MR) is 134 cm³/mol. The van der Waals surface area contributed by atoms with Gasteiger partial charge in [-0.25, -0.2) is 13.2 Å². The van der Waals surface area contributed by atoms with Crippen LogP contribution in [0.25, 0.3) is 28.0 Å². The van der Waals surface area contributed by atoms with E-state index < -0.39 is 28.4 Å². The van der Waals surface area contributed by atoms with Gasteiger partial charge in [0.1, 0.15) is 17.5 Å². The number of aromatic nitrogens is 6. The first-order valence-electron chi connectivity index (χ1n) is 11.7. The fourth-order valence-electron chi connectivity index (χ4n) is 4.76. The van der Waals surface area contributed by atoms with Gasteiger partial charge in [-0.3, -0.25) is 9.48 Å². The van der Waals surface area contributed by atoms with Crippen LogP contribution < -0.4 is 11.1 Å². The van der Waals surface area contributed by atoms with Crippen LogP contribution in [0.4, 0.5) is 24.8 Å². The number of nitrogens with one attached hydrogen (secondary N) is 1. The van der Waals surface area contributed by atoms with Crippen molar-refractivity contribution >= 4 is 28.4 Å². The van der Waals surface area contributed by atoms with E-state index in [4.69, 9.17) is 5.73 Å². The largest absolute Gasteiger partial charge is 0.383 e. The molecule has 6 rings (SSSR count). The number of amides is 1. The lowest BCUT2D eigenvalue weighted by atomic mass is 9.87. The average molecular weight is 519 g/mol. The Hall–Kier alpha value is -4.74. The highest BCUT2D eigenvalue weighted by Gasteiger charge is 2.42. The van der Waals surface area contributed by atoms with E-state index in [1.807, 2.05) is 18.3 Å². The molecule has 1 amide bonds. The summed E-state index contributed by atoms with van der Waals surface area (Å²) in [4.78, 5) is 21.4. The molecule has 0 saturated heterocycles. The molecule has 0 unspecified atom stereocenters. The molecule has 38 heavy (non-hydrogen) atoms. The van der Waals surface area contributed by atoms with Gasteiger partial charge in [0.2, 0.25) is 5.91 Å². The highest BCUT2D eigenvalue weighted by atomic mass is 19.2. The van der Waals surface area contributed by atoms with Crippen molar-refractivity contribution in [2.24, 2.45) is 7.05 Å². The van der Waals surface area contributed by atoms with Crippen molar-refractivity contribution in [1.82, 2.24) is 29.5 Å². The van der Waals surface area contributed by atoms with E-state index in [0.717, 1.165) is 23.3 Å². The second-order valence-electron chi connectivity index (χ2n) is 9.70. The summed E-state index contributed by atoms with van der Waals surface area (Å²) in [5.74, 6) is -3.17. The number of carbonyl (C=O) groups excluding carboxylic acids is 1. The molecule has 3 N–H and O–H groups in total. The van der Waals surface area contributed by atoms with E-state index in [9.17, 15) is 18.0 Å². The lowest BCUT2D eigenvalue weighted by molar-refractivity contribution is -0.119. The number of anilines is 2. The summed E-state index contributed by atoms with van der Waals surface area (Å²) in [6.07, 6.45) is 3.18. The van der Waals surface area contributed by atoms with Crippen LogP contribution in [-0.2, 0) is 23.7 Å². The van der Waals surface area contributed by atoms with Gasteiger partial charge in [0, 0.05) is 36.2 Å². The SMILES string of the molecule is Cn1cc(-c2ccc3c(c2)c(Cc2c(F)ccc(F)c2F)nn3-c2nc(N)c3c(n2)NC(=O)C3(C)C)cn1. The number of halogens is 3. The Labute approximate surface area is 214 Å². The highest BCUT2D eigenvalue weighted by Crippen LogP contribution is 2.40. The zero-order chi connectivity index (χ0) is 26.9. The normalized spacial score (nSPS) is 14.2. The van der Waals surface area contributed by atoms with Crippen LogP contribution in [0, 0.1) is 17.5 Å². The molecule has 192 valence electrons. The molecule has 2 aromatic carbocycles. The van der Waals surface area contributed by atoms with Gasteiger partial charge in [-0.2, -0.15) is 24.8 Å². The predicted octanol–water partition coefficient (Wildman–Crippen LogP) is 4.04. The summed E-state index contributed by atoms with van der Waals surface area (Å²) >= 11 is 0. The molecule has 0 spiro atoms. The summed E-state index contributed by atoms with van der Waals surface area (Å²) in [7, 11) is 1.79. The molecule has 1 aliphatic rings. The summed E-state index contributed by atoms with van der Waals surface area (Å²) in [5, 5.41) is 12.0. The zero-order valence-electron chi connectivity index (χ0n) is 20.6. The molecule has 1 aliphatic heterocycles. The number of nitrogens with zero attached hydrogens (tertiary/aromatic N) is 6. The molecule has 0 radical (unpaired) electrons. The monoisotopic (exact) mass is 518 g/mol. The van der Waals surface area contributed by atoms with E-state index in [-0.39, 0.29) is 35.6 Å². The van der Waals surface area contributed by atoms with E-state index in [0.29, 0.717) is 16.5 Å². The van der Waals surface area contributed by atoms with Gasteiger partial charge in [0.05, 0.1) is 28.4 Å². The Morgan fingerprint density at radius 1 is 1.05 bits per heavy atom. The third-order valence-corrected chi connectivity index (χ3v) is 6.82. The standard InChI is InChI=1S/C26H21F3N8O/c1-26(2)20-22(30)32-25(34-23(20)33-24(26)38)37-19-7-4-12(13-10-31-36(3)11-13)8-15(19)18(35-37)9-14-16(27)5-6-17(28)21(14)29/h4-8,10-11H,9H2,1-3H3,(H3,30,32,33,34,38). The molecular weight excluding hydrogens is 497 g/mol. The topological polar surface area (TPSA) is 117 Å². The number of fused-ring (bicyclic) bond motifs is 2. The first kappa shape index (κ1) is 23.6. The van der Waals surface area contributed by atoms with Gasteiger partial charge in [-0.05, 0) is 43.7 Å². The van der Waals surface area contributed by atoms with Gasteiger partial charge in [-0.1, -0.05) is 6.07 Å². The molecule has 12 heteroatoms. The molecule has 0 aliphatic carbocycles. The lowest BCUT2D eigenvalue weighted by Gasteiger charge is -2.16. The Kier molecular flexibility index (Phi) is 5.06. The molecule has 9 nitrogen and oxygen atoms in total. The highest BCUT2D eigenvalue weighted by molar-refractivity contribution is 6.06. The third-order valence-electron chi connectivity index (χ3n) is 6.82. The lowest BCUT2D eigenvalue weighted by Crippen LogP contribution is -2.27. The number of hydrogen-bond donors (Lipinski definition) is 2. The van der Waals surface area contributed by atoms with Crippen molar-refractivity contribution in [1.29, 1.82) is 0 Å². The first-order valence-corrected chi connectivity index (χ1v) is 11.7. The minimum Gasteiger partial charge on any atom is -0.383 e. The van der Waals surface area contributed by atoms with Crippen LogP contribution in [0.3, 0.4) is 0 Å². The summed E-state index contributed by atoms with van der Waals surface area (Å²) in [6.45, 7) is 3.44. The van der Waals surface area contributed by atoms with Crippen LogP contribution in [0.2, 0.25) is 0 Å². The average Bonchev–Trinajstić information content (AvgIpc) is 3.53. The second kappa shape index (κ2) is 8.13. The van der Waals surface area contributed by atoms with E-state index in [2.05, 4.69) is 25.5 Å². The summed E-state index contributed by atoms with van der Waals surface area (Å²) in [6, 6.07) is 7.03. The molecule has 0 saturated carbocycles. The van der Waals surface area contributed by atoms with Crippen LogP contribution in [0.5, 0.6) is 0 Å². The van der Waals surface area contributed by atoms with Crippen LogP contribution in [0.1, 0.15) is 30.7 Å². The first-order chi connectivity index (χ1) is 18.0. The minimum absolute atomic E-state index is 0.0600. The Balaban J connectivity index is 1.56. The van der Waals surface area contributed by atoms with Crippen molar-refractivity contribution in [3.05, 3.63) is 77.0 Å². The number of hydrogen-bond acceptors (Lipinski definition) is 6. The van der Waals surface area contributed by atoms with Crippen molar-refractivity contribution in [3.8, 4) is 17.1 Å². The smallest absolute Gasteiger partial charge is 0.255 e. The Bertz CT molecular complexity index is 1790. The fourth-order valence-corrected chi connectivity index (χ4v) is 4.76. The number of carbonyl (C=O) groups is 1. The minimum atomic E-state index is -1.28. The Morgan fingerprint density at radius 3 is 2.55 bits per heavy atom. The van der Waals surface area contributed by atoms with Crippen LogP contribution in [0.15, 0.2) is 42.7 Å². The van der Waals surface area contributed by atoms with Gasteiger partial charge < -0.3 is 11.1 Å². The van der Waals surface area contributed by atoms with Gasteiger partial charge in [0.15, 0.2) is 11.6 Å². The Morgan fingerprint density at radius 2 is 1.82 bits per heavy atom. The molecule has 3 aromatic heterocycles. The molecule has 0 fully saturated rings. The number of benzene rings is 2. The number of aryl methyl sites for hydroxylation is 1. The quantitative estimate of drug-likeness (QED) is 0.347. The molecule has 0 bridgehead atoms. The van der Waals surface area contributed by atoms with E-state index in [1.165, 1.54) is 4.68 Å². The molecule has 5 aromatic rings. The van der Waals surface area contributed by atoms with Gasteiger partial charge in [0.25, 0.3) is 5.95 Å². The maximum atomic E-state index is 14.6. The molecular formula is C26H21F3N8O. The number of rotatable bonds is 4. The number of nitrogen functional groups attached to an aromatic ring is 1. The molecule has 0 atom stereocenters. The summed E-state index contributed by atoms with van der Waals surface area (Å²) in [5.41, 5.74) is 7.75. The van der Waals surface area contributed by atoms with Crippen molar-refractivity contribution in [2.75, 3.05) is 11.1 Å². The zero-order valence-corrected chi connectivity index (χ0v) is 20.6. The van der Waals surface area contributed by atoms with E-state index in [1.54, 1.807) is 37.8 Å². The van der Waals surface area contributed by atoms with Gasteiger partial charge >= 0.3 is 0 Å². The summed E-state index contributed by atoms with van der Waals surface area (Å²) < 4.78 is 46.2. The van der Waals surface area contributed by atoms with Crippen LogP contribution >= 0.6 is 0 Å². The van der Waals surface area contributed by atoms with Crippen molar-refractivity contribution in [2.45, 2.75) is 25.7 Å². The van der Waals surface area contributed by atoms with Crippen LogP contribution in [-0.4, -0.2) is 35.4 Å². The fraction of sp³-hybridized carbons (Fsp3) is 0.192. The van der Waals surface area contributed by atoms with Crippen molar-refractivity contribution in [3.63, 3.8) is 0 Å². The second-order valence-corrected chi connectivity index (χ2v) is 9.70. The molecule has 4 heterocycles. The maximum Gasteiger partial charge on any atom is 0.255 e. The maximum absolute atomic E-state index is 14.6. The third kappa shape index (κ3) is 3.51. The van der Waals surface area contributed by atoms with Crippen molar-refractivity contribution < 1.29 is 18.0 Å².